The minimum Gasteiger partial charge on any atom is -0.316 e. The van der Waals surface area contributed by atoms with E-state index in [1.807, 2.05) is 0 Å². The van der Waals surface area contributed by atoms with Crippen LogP contribution in [-0.4, -0.2) is 18.9 Å². The molecule has 2 heteroatoms. The van der Waals surface area contributed by atoms with E-state index in [0.717, 1.165) is 45.2 Å². The lowest BCUT2D eigenvalue weighted by Crippen LogP contribution is -2.45. The normalized spacial score (nSPS) is 22.9. The molecule has 1 unspecified atom stereocenters. The van der Waals surface area contributed by atoms with Gasteiger partial charge in [0, 0.05) is 18.4 Å². The second-order valence-corrected chi connectivity index (χ2v) is 6.61. The monoisotopic (exact) mass is 281 g/mol. The standard InChI is InChI=1S/C18H35NO/c1-3-5-6-7-8-9-10-12-17(20)18(13-4-2)14-11-15-19-16-18/h19H,3-16H2,1-2H3. The summed E-state index contributed by atoms with van der Waals surface area (Å²) in [5.74, 6) is 0.542. The predicted molar refractivity (Wildman–Crippen MR) is 87.1 cm³/mol. The van der Waals surface area contributed by atoms with Crippen molar-refractivity contribution in [2.45, 2.75) is 90.9 Å². The fraction of sp³-hybridized carbons (Fsp3) is 0.944. The summed E-state index contributed by atoms with van der Waals surface area (Å²) in [5, 5.41) is 3.45. The van der Waals surface area contributed by atoms with Crippen molar-refractivity contribution in [3.05, 3.63) is 0 Å². The number of ketones is 1. The van der Waals surface area contributed by atoms with Crippen molar-refractivity contribution in [3.63, 3.8) is 0 Å². The highest BCUT2D eigenvalue weighted by Crippen LogP contribution is 2.34. The first-order valence-electron chi connectivity index (χ1n) is 8.99. The van der Waals surface area contributed by atoms with Crippen LogP contribution < -0.4 is 5.32 Å². The molecule has 118 valence electrons. The lowest BCUT2D eigenvalue weighted by atomic mass is 9.72. The summed E-state index contributed by atoms with van der Waals surface area (Å²) in [7, 11) is 0. The van der Waals surface area contributed by atoms with Gasteiger partial charge in [0.05, 0.1) is 0 Å². The maximum absolute atomic E-state index is 12.6. The summed E-state index contributed by atoms with van der Waals surface area (Å²) in [5.41, 5.74) is -0.0186. The molecule has 1 saturated heterocycles. The molecule has 0 aromatic heterocycles. The Balaban J connectivity index is 2.21. The Morgan fingerprint density at radius 1 is 1.00 bits per heavy atom. The van der Waals surface area contributed by atoms with E-state index in [1.54, 1.807) is 0 Å². The lowest BCUT2D eigenvalue weighted by Gasteiger charge is -2.36. The number of hydrogen-bond donors (Lipinski definition) is 1. The van der Waals surface area contributed by atoms with Gasteiger partial charge in [0.25, 0.3) is 0 Å². The van der Waals surface area contributed by atoms with Gasteiger partial charge >= 0.3 is 0 Å². The molecular weight excluding hydrogens is 246 g/mol. The van der Waals surface area contributed by atoms with Gasteiger partial charge in [0.15, 0.2) is 0 Å². The van der Waals surface area contributed by atoms with Crippen molar-refractivity contribution in [3.8, 4) is 0 Å². The van der Waals surface area contributed by atoms with E-state index in [9.17, 15) is 4.79 Å². The number of carbonyl (C=O) groups is 1. The SMILES string of the molecule is CCCCCCCCCC(=O)C1(CCC)CCCNC1. The van der Waals surface area contributed by atoms with Crippen LogP contribution in [0.3, 0.4) is 0 Å². The first kappa shape index (κ1) is 17.7. The maximum Gasteiger partial charge on any atom is 0.140 e. The van der Waals surface area contributed by atoms with Gasteiger partial charge < -0.3 is 5.32 Å². The third-order valence-corrected chi connectivity index (χ3v) is 4.80. The smallest absolute Gasteiger partial charge is 0.140 e. The fourth-order valence-electron chi connectivity index (χ4n) is 3.55. The van der Waals surface area contributed by atoms with Crippen molar-refractivity contribution in [1.29, 1.82) is 0 Å². The Bertz CT molecular complexity index is 251. The molecule has 20 heavy (non-hydrogen) atoms. The number of Topliss-reactive ketones (excluding diaryl/α,β-unsaturated/α-hetero) is 1. The van der Waals surface area contributed by atoms with Crippen molar-refractivity contribution in [2.24, 2.45) is 5.41 Å². The number of unbranched alkanes of at least 4 members (excludes halogenated alkanes) is 6. The summed E-state index contributed by atoms with van der Waals surface area (Å²) >= 11 is 0. The second kappa shape index (κ2) is 10.4. The zero-order valence-electron chi connectivity index (χ0n) is 13.8. The molecule has 0 aromatic rings. The van der Waals surface area contributed by atoms with Crippen LogP contribution in [0.5, 0.6) is 0 Å². The van der Waals surface area contributed by atoms with Gasteiger partial charge in [0.1, 0.15) is 5.78 Å². The molecule has 1 N–H and O–H groups in total. The van der Waals surface area contributed by atoms with E-state index >= 15 is 0 Å². The van der Waals surface area contributed by atoms with Gasteiger partial charge in [-0.3, -0.25) is 4.79 Å². The Morgan fingerprint density at radius 2 is 1.70 bits per heavy atom. The minimum atomic E-state index is -0.0186. The van der Waals surface area contributed by atoms with Crippen LogP contribution >= 0.6 is 0 Å². The number of piperidine rings is 1. The summed E-state index contributed by atoms with van der Waals surface area (Å²) < 4.78 is 0. The highest BCUT2D eigenvalue weighted by atomic mass is 16.1. The average Bonchev–Trinajstić information content (AvgIpc) is 2.47. The molecule has 1 aliphatic rings. The number of hydrogen-bond acceptors (Lipinski definition) is 2. The van der Waals surface area contributed by atoms with Crippen LogP contribution in [0.15, 0.2) is 0 Å². The molecule has 1 aliphatic heterocycles. The van der Waals surface area contributed by atoms with Gasteiger partial charge in [-0.1, -0.05) is 58.8 Å². The van der Waals surface area contributed by atoms with Crippen molar-refractivity contribution < 1.29 is 4.79 Å². The highest BCUT2D eigenvalue weighted by molar-refractivity contribution is 5.85. The maximum atomic E-state index is 12.6. The molecule has 0 saturated carbocycles. The fourth-order valence-corrected chi connectivity index (χ4v) is 3.55. The van der Waals surface area contributed by atoms with E-state index in [-0.39, 0.29) is 5.41 Å². The van der Waals surface area contributed by atoms with Crippen LogP contribution in [0.2, 0.25) is 0 Å². The van der Waals surface area contributed by atoms with Crippen LogP contribution in [0, 0.1) is 5.41 Å². The molecule has 1 atom stereocenters. The van der Waals surface area contributed by atoms with Gasteiger partial charge in [-0.05, 0) is 32.2 Å². The van der Waals surface area contributed by atoms with Crippen molar-refractivity contribution >= 4 is 5.78 Å². The molecule has 0 bridgehead atoms. The largest absolute Gasteiger partial charge is 0.316 e. The Kier molecular flexibility index (Phi) is 9.17. The predicted octanol–water partition coefficient (Wildman–Crippen LogP) is 4.87. The first-order chi connectivity index (χ1) is 9.75. The summed E-state index contributed by atoms with van der Waals surface area (Å²) in [6.45, 7) is 6.48. The quantitative estimate of drug-likeness (QED) is 0.548. The molecule has 1 fully saturated rings. The minimum absolute atomic E-state index is 0.0186. The zero-order valence-corrected chi connectivity index (χ0v) is 13.8. The third-order valence-electron chi connectivity index (χ3n) is 4.80. The number of rotatable bonds is 11. The van der Waals surface area contributed by atoms with Crippen LogP contribution in [-0.2, 0) is 4.79 Å². The lowest BCUT2D eigenvalue weighted by molar-refractivity contribution is -0.130. The van der Waals surface area contributed by atoms with E-state index in [4.69, 9.17) is 0 Å². The van der Waals surface area contributed by atoms with Gasteiger partial charge in [0.2, 0.25) is 0 Å². The Hall–Kier alpha value is -0.370. The molecule has 0 aliphatic carbocycles. The van der Waals surface area contributed by atoms with E-state index in [1.165, 1.54) is 44.9 Å². The van der Waals surface area contributed by atoms with Crippen molar-refractivity contribution in [1.82, 2.24) is 5.32 Å². The molecule has 1 rings (SSSR count). The van der Waals surface area contributed by atoms with Gasteiger partial charge in [-0.15, -0.1) is 0 Å². The first-order valence-corrected chi connectivity index (χ1v) is 8.99. The second-order valence-electron chi connectivity index (χ2n) is 6.61. The summed E-state index contributed by atoms with van der Waals surface area (Å²) in [6, 6.07) is 0. The third kappa shape index (κ3) is 5.95. The Labute approximate surface area is 126 Å². The number of nitrogens with one attached hydrogen (secondary N) is 1. The van der Waals surface area contributed by atoms with Crippen LogP contribution in [0.1, 0.15) is 90.9 Å². The summed E-state index contributed by atoms with van der Waals surface area (Å²) in [6.07, 6.45) is 14.4. The van der Waals surface area contributed by atoms with Gasteiger partial charge in [-0.25, -0.2) is 0 Å². The van der Waals surface area contributed by atoms with E-state index in [0.29, 0.717) is 5.78 Å². The number of carbonyl (C=O) groups excluding carboxylic acids is 1. The highest BCUT2D eigenvalue weighted by Gasteiger charge is 2.37. The van der Waals surface area contributed by atoms with Crippen molar-refractivity contribution in [2.75, 3.05) is 13.1 Å². The molecule has 0 amide bonds. The zero-order chi connectivity index (χ0) is 14.7. The molecule has 0 radical (unpaired) electrons. The molecule has 0 spiro atoms. The van der Waals surface area contributed by atoms with Gasteiger partial charge in [-0.2, -0.15) is 0 Å². The molecule has 0 aromatic carbocycles. The Morgan fingerprint density at radius 3 is 2.30 bits per heavy atom. The van der Waals surface area contributed by atoms with Crippen LogP contribution in [0.25, 0.3) is 0 Å². The average molecular weight is 281 g/mol. The molecular formula is C18H35NO. The molecule has 2 nitrogen and oxygen atoms in total. The topological polar surface area (TPSA) is 29.1 Å². The van der Waals surface area contributed by atoms with E-state index in [2.05, 4.69) is 19.2 Å². The summed E-state index contributed by atoms with van der Waals surface area (Å²) in [4.78, 5) is 12.6. The van der Waals surface area contributed by atoms with E-state index < -0.39 is 0 Å². The van der Waals surface area contributed by atoms with Crippen LogP contribution in [0.4, 0.5) is 0 Å². The molecule has 1 heterocycles.